The van der Waals surface area contributed by atoms with E-state index in [9.17, 15) is 0 Å². The lowest BCUT2D eigenvalue weighted by molar-refractivity contribution is 0.352. The summed E-state index contributed by atoms with van der Waals surface area (Å²) in [4.78, 5) is 6.01. The minimum atomic E-state index is 1.15. The fourth-order valence-corrected chi connectivity index (χ4v) is 2.77. The summed E-state index contributed by atoms with van der Waals surface area (Å²) >= 11 is 0. The molecular weight excluding hydrogens is 196 g/mol. The van der Waals surface area contributed by atoms with Crippen molar-refractivity contribution in [3.05, 3.63) is 35.0 Å². The fourth-order valence-electron chi connectivity index (χ4n) is 2.77. The highest BCUT2D eigenvalue weighted by atomic mass is 15.1. The summed E-state index contributed by atoms with van der Waals surface area (Å²) in [6, 6.07) is 6.55. The molecule has 0 saturated heterocycles. The van der Waals surface area contributed by atoms with Gasteiger partial charge in [0.2, 0.25) is 0 Å². The van der Waals surface area contributed by atoms with Crippen LogP contribution in [0.2, 0.25) is 0 Å². The zero-order valence-corrected chi connectivity index (χ0v) is 10.0. The summed E-state index contributed by atoms with van der Waals surface area (Å²) in [5, 5.41) is 1.47. The third-order valence-electron chi connectivity index (χ3n) is 3.71. The maximum Gasteiger partial charge on any atom is 0.0461 e. The van der Waals surface area contributed by atoms with Crippen molar-refractivity contribution in [3.63, 3.8) is 0 Å². The Balaban J connectivity index is 2.20. The summed E-state index contributed by atoms with van der Waals surface area (Å²) in [6.45, 7) is 4.55. The number of fused-ring (bicyclic) bond motifs is 3. The highest BCUT2D eigenvalue weighted by molar-refractivity contribution is 5.87. The molecule has 0 radical (unpaired) electrons. The van der Waals surface area contributed by atoms with Gasteiger partial charge in [-0.15, -0.1) is 0 Å². The van der Waals surface area contributed by atoms with Crippen molar-refractivity contribution in [3.8, 4) is 0 Å². The van der Waals surface area contributed by atoms with E-state index in [1.54, 1.807) is 5.56 Å². The topological polar surface area (TPSA) is 19.0 Å². The SMILES string of the molecule is Cc1cccc2[nH]c3c(c12)CCN(C)CC3. The Morgan fingerprint density at radius 3 is 2.88 bits per heavy atom. The van der Waals surface area contributed by atoms with Crippen LogP contribution < -0.4 is 0 Å². The molecular formula is C14H18N2. The first-order valence-electron chi connectivity index (χ1n) is 6.03. The molecule has 0 amide bonds. The van der Waals surface area contributed by atoms with Gasteiger partial charge in [0, 0.05) is 36.1 Å². The van der Waals surface area contributed by atoms with E-state index < -0.39 is 0 Å². The van der Waals surface area contributed by atoms with Gasteiger partial charge in [0.15, 0.2) is 0 Å². The Hall–Kier alpha value is -1.28. The van der Waals surface area contributed by atoms with Gasteiger partial charge < -0.3 is 9.88 Å². The molecule has 0 unspecified atom stereocenters. The molecule has 2 heterocycles. The third-order valence-corrected chi connectivity index (χ3v) is 3.71. The summed E-state index contributed by atoms with van der Waals surface area (Å²) in [5.74, 6) is 0. The van der Waals surface area contributed by atoms with Crippen LogP contribution in [0.5, 0.6) is 0 Å². The summed E-state index contributed by atoms with van der Waals surface area (Å²) in [7, 11) is 2.21. The van der Waals surface area contributed by atoms with Crippen LogP contribution in [0.4, 0.5) is 0 Å². The second-order valence-corrected chi connectivity index (χ2v) is 4.88. The molecule has 1 aliphatic heterocycles. The summed E-state index contributed by atoms with van der Waals surface area (Å²) < 4.78 is 0. The van der Waals surface area contributed by atoms with E-state index >= 15 is 0 Å². The zero-order chi connectivity index (χ0) is 11.1. The number of aryl methyl sites for hydroxylation is 1. The quantitative estimate of drug-likeness (QED) is 0.714. The molecule has 0 fully saturated rings. The van der Waals surface area contributed by atoms with Crippen LogP contribution in [0.15, 0.2) is 18.2 Å². The first-order chi connectivity index (χ1) is 7.75. The molecule has 0 saturated carbocycles. The van der Waals surface area contributed by atoms with Gasteiger partial charge in [-0.25, -0.2) is 0 Å². The molecule has 2 aromatic rings. The third kappa shape index (κ3) is 1.45. The van der Waals surface area contributed by atoms with E-state index in [1.165, 1.54) is 41.7 Å². The van der Waals surface area contributed by atoms with E-state index in [0.717, 1.165) is 6.42 Å². The van der Waals surface area contributed by atoms with Gasteiger partial charge in [-0.1, -0.05) is 12.1 Å². The van der Waals surface area contributed by atoms with Gasteiger partial charge in [0.1, 0.15) is 0 Å². The van der Waals surface area contributed by atoms with E-state index in [1.807, 2.05) is 0 Å². The zero-order valence-electron chi connectivity index (χ0n) is 10.0. The number of rotatable bonds is 0. The molecule has 0 spiro atoms. The lowest BCUT2D eigenvalue weighted by atomic mass is 10.0. The average molecular weight is 214 g/mol. The van der Waals surface area contributed by atoms with Crippen LogP contribution in [0.3, 0.4) is 0 Å². The van der Waals surface area contributed by atoms with Gasteiger partial charge in [0.25, 0.3) is 0 Å². The number of nitrogens with zero attached hydrogens (tertiary/aromatic N) is 1. The van der Waals surface area contributed by atoms with Crippen LogP contribution in [0.1, 0.15) is 16.8 Å². The largest absolute Gasteiger partial charge is 0.358 e. The second-order valence-electron chi connectivity index (χ2n) is 4.88. The van der Waals surface area contributed by atoms with Crippen molar-refractivity contribution >= 4 is 10.9 Å². The molecule has 0 aliphatic carbocycles. The van der Waals surface area contributed by atoms with Gasteiger partial charge in [-0.05, 0) is 37.6 Å². The Bertz CT molecular complexity index is 525. The maximum atomic E-state index is 3.59. The standard InChI is InChI=1S/C14H18N2/c1-10-4-3-5-13-14(10)11-6-8-16(2)9-7-12(11)15-13/h3-5,15H,6-9H2,1-2H3. The number of likely N-dealkylation sites (N-methyl/N-ethyl adjacent to an activating group) is 1. The van der Waals surface area contributed by atoms with Gasteiger partial charge in [-0.2, -0.15) is 0 Å². The second kappa shape index (κ2) is 3.63. The van der Waals surface area contributed by atoms with Crippen LogP contribution in [0.25, 0.3) is 10.9 Å². The molecule has 2 nitrogen and oxygen atoms in total. The summed E-state index contributed by atoms with van der Waals surface area (Å²) in [5.41, 5.74) is 5.72. The smallest absolute Gasteiger partial charge is 0.0461 e. The van der Waals surface area contributed by atoms with Crippen molar-refractivity contribution in [1.29, 1.82) is 0 Å². The van der Waals surface area contributed by atoms with E-state index in [2.05, 4.69) is 42.1 Å². The Labute approximate surface area is 96.3 Å². The lowest BCUT2D eigenvalue weighted by Gasteiger charge is -2.11. The fraction of sp³-hybridized carbons (Fsp3) is 0.429. The lowest BCUT2D eigenvalue weighted by Crippen LogP contribution is -2.21. The molecule has 0 bridgehead atoms. The molecule has 84 valence electrons. The molecule has 2 heteroatoms. The van der Waals surface area contributed by atoms with Gasteiger partial charge in [-0.3, -0.25) is 0 Å². The predicted molar refractivity (Wildman–Crippen MR) is 67.9 cm³/mol. The minimum Gasteiger partial charge on any atom is -0.358 e. The first kappa shape index (κ1) is 9.91. The Morgan fingerprint density at radius 2 is 2.00 bits per heavy atom. The summed E-state index contributed by atoms with van der Waals surface area (Å²) in [6.07, 6.45) is 2.33. The van der Waals surface area contributed by atoms with Crippen LogP contribution in [-0.2, 0) is 12.8 Å². The molecule has 16 heavy (non-hydrogen) atoms. The highest BCUT2D eigenvalue weighted by Gasteiger charge is 2.16. The number of benzene rings is 1. The minimum absolute atomic E-state index is 1.15. The van der Waals surface area contributed by atoms with Crippen molar-refractivity contribution in [2.75, 3.05) is 20.1 Å². The van der Waals surface area contributed by atoms with Crippen molar-refractivity contribution in [2.24, 2.45) is 0 Å². The van der Waals surface area contributed by atoms with E-state index in [-0.39, 0.29) is 0 Å². The Kier molecular flexibility index (Phi) is 2.25. The monoisotopic (exact) mass is 214 g/mol. The molecule has 1 N–H and O–H groups in total. The molecule has 1 aliphatic rings. The highest BCUT2D eigenvalue weighted by Crippen LogP contribution is 2.28. The molecule has 1 aromatic heterocycles. The Morgan fingerprint density at radius 1 is 1.19 bits per heavy atom. The van der Waals surface area contributed by atoms with Crippen molar-refractivity contribution < 1.29 is 0 Å². The number of aromatic amines is 1. The average Bonchev–Trinajstić information content (AvgIpc) is 2.54. The number of nitrogens with one attached hydrogen (secondary N) is 1. The maximum absolute atomic E-state index is 3.59. The van der Waals surface area contributed by atoms with Crippen LogP contribution in [0, 0.1) is 6.92 Å². The predicted octanol–water partition coefficient (Wildman–Crippen LogP) is 2.51. The van der Waals surface area contributed by atoms with Crippen LogP contribution >= 0.6 is 0 Å². The number of H-pyrrole nitrogens is 1. The van der Waals surface area contributed by atoms with Crippen LogP contribution in [-0.4, -0.2) is 30.0 Å². The molecule has 0 atom stereocenters. The number of aromatic nitrogens is 1. The van der Waals surface area contributed by atoms with Crippen molar-refractivity contribution in [2.45, 2.75) is 19.8 Å². The number of hydrogen-bond donors (Lipinski definition) is 1. The van der Waals surface area contributed by atoms with Gasteiger partial charge >= 0.3 is 0 Å². The molecule has 1 aromatic carbocycles. The van der Waals surface area contributed by atoms with E-state index in [4.69, 9.17) is 0 Å². The first-order valence-corrected chi connectivity index (χ1v) is 6.03. The normalized spacial score (nSPS) is 17.4. The van der Waals surface area contributed by atoms with Crippen molar-refractivity contribution in [1.82, 2.24) is 9.88 Å². The molecule has 3 rings (SSSR count). The van der Waals surface area contributed by atoms with E-state index in [0.29, 0.717) is 0 Å². The number of hydrogen-bond acceptors (Lipinski definition) is 1. The van der Waals surface area contributed by atoms with Gasteiger partial charge in [0.05, 0.1) is 0 Å².